The SMILES string of the molecule is CCCNC(Cc1cnn(CC)c1)c1cnn(C)c1C. The summed E-state index contributed by atoms with van der Waals surface area (Å²) < 4.78 is 3.91. The Kier molecular flexibility index (Phi) is 4.95. The molecule has 0 spiro atoms. The predicted molar refractivity (Wildman–Crippen MR) is 80.6 cm³/mol. The topological polar surface area (TPSA) is 47.7 Å². The van der Waals surface area contributed by atoms with Crippen LogP contribution in [0.15, 0.2) is 18.6 Å². The molecule has 0 bridgehead atoms. The van der Waals surface area contributed by atoms with Crippen molar-refractivity contribution in [3.63, 3.8) is 0 Å². The Balaban J connectivity index is 2.16. The summed E-state index contributed by atoms with van der Waals surface area (Å²) in [5.74, 6) is 0. The van der Waals surface area contributed by atoms with Crippen LogP contribution in [0.2, 0.25) is 0 Å². The number of aromatic nitrogens is 4. The van der Waals surface area contributed by atoms with Crippen LogP contribution in [0.25, 0.3) is 0 Å². The van der Waals surface area contributed by atoms with Gasteiger partial charge in [0.05, 0.1) is 12.4 Å². The fraction of sp³-hybridized carbons (Fsp3) is 0.600. The highest BCUT2D eigenvalue weighted by Gasteiger charge is 2.17. The molecule has 0 aliphatic heterocycles. The predicted octanol–water partition coefficient (Wildman–Crippen LogP) is 2.23. The van der Waals surface area contributed by atoms with Crippen molar-refractivity contribution in [2.75, 3.05) is 6.54 Å². The zero-order chi connectivity index (χ0) is 14.5. The molecule has 1 unspecified atom stereocenters. The van der Waals surface area contributed by atoms with Gasteiger partial charge in [0.2, 0.25) is 0 Å². The highest BCUT2D eigenvalue weighted by molar-refractivity contribution is 5.23. The first kappa shape index (κ1) is 14.8. The van der Waals surface area contributed by atoms with Gasteiger partial charge in [-0.1, -0.05) is 6.92 Å². The number of nitrogens with one attached hydrogen (secondary N) is 1. The quantitative estimate of drug-likeness (QED) is 0.843. The number of aryl methyl sites for hydroxylation is 2. The maximum atomic E-state index is 4.36. The molecule has 5 heteroatoms. The normalized spacial score (nSPS) is 12.8. The van der Waals surface area contributed by atoms with Crippen molar-refractivity contribution >= 4 is 0 Å². The third kappa shape index (κ3) is 3.28. The van der Waals surface area contributed by atoms with Crippen LogP contribution in [0, 0.1) is 6.92 Å². The largest absolute Gasteiger partial charge is 0.310 e. The Morgan fingerprint density at radius 1 is 1.25 bits per heavy atom. The average molecular weight is 275 g/mol. The molecule has 2 heterocycles. The van der Waals surface area contributed by atoms with Gasteiger partial charge in [-0.15, -0.1) is 0 Å². The molecule has 1 N–H and O–H groups in total. The second kappa shape index (κ2) is 6.70. The lowest BCUT2D eigenvalue weighted by Gasteiger charge is -2.17. The van der Waals surface area contributed by atoms with Crippen LogP contribution in [0.3, 0.4) is 0 Å². The molecule has 0 aliphatic rings. The van der Waals surface area contributed by atoms with Crippen molar-refractivity contribution in [3.05, 3.63) is 35.4 Å². The van der Waals surface area contributed by atoms with E-state index < -0.39 is 0 Å². The molecule has 0 aliphatic carbocycles. The van der Waals surface area contributed by atoms with Gasteiger partial charge in [-0.25, -0.2) is 0 Å². The van der Waals surface area contributed by atoms with Crippen molar-refractivity contribution in [3.8, 4) is 0 Å². The standard InChI is InChI=1S/C15H25N5/c1-5-7-16-15(14-10-17-19(4)12(14)3)8-13-9-18-20(6-2)11-13/h9-11,15-16H,5-8H2,1-4H3. The minimum Gasteiger partial charge on any atom is -0.310 e. The molecular weight excluding hydrogens is 250 g/mol. The Hall–Kier alpha value is -1.62. The van der Waals surface area contributed by atoms with Gasteiger partial charge in [0.15, 0.2) is 0 Å². The second-order valence-electron chi connectivity index (χ2n) is 5.22. The number of hydrogen-bond donors (Lipinski definition) is 1. The lowest BCUT2D eigenvalue weighted by molar-refractivity contribution is 0.525. The van der Waals surface area contributed by atoms with Gasteiger partial charge in [0, 0.05) is 37.1 Å². The summed E-state index contributed by atoms with van der Waals surface area (Å²) in [5.41, 5.74) is 3.77. The van der Waals surface area contributed by atoms with Gasteiger partial charge in [0.25, 0.3) is 0 Å². The molecule has 0 radical (unpaired) electrons. The van der Waals surface area contributed by atoms with Crippen molar-refractivity contribution in [2.24, 2.45) is 7.05 Å². The Morgan fingerprint density at radius 2 is 2.05 bits per heavy atom. The van der Waals surface area contributed by atoms with Crippen molar-refractivity contribution in [1.82, 2.24) is 24.9 Å². The van der Waals surface area contributed by atoms with E-state index in [1.807, 2.05) is 28.8 Å². The van der Waals surface area contributed by atoms with Crippen molar-refractivity contribution in [1.29, 1.82) is 0 Å². The van der Waals surface area contributed by atoms with Crippen LogP contribution < -0.4 is 5.32 Å². The van der Waals surface area contributed by atoms with Gasteiger partial charge in [-0.05, 0) is 38.8 Å². The van der Waals surface area contributed by atoms with Crippen LogP contribution in [-0.4, -0.2) is 26.1 Å². The van der Waals surface area contributed by atoms with Crippen LogP contribution in [0.1, 0.15) is 43.1 Å². The van der Waals surface area contributed by atoms with Gasteiger partial charge in [-0.2, -0.15) is 10.2 Å². The maximum Gasteiger partial charge on any atom is 0.0540 e. The smallest absolute Gasteiger partial charge is 0.0540 e. The van der Waals surface area contributed by atoms with E-state index >= 15 is 0 Å². The zero-order valence-electron chi connectivity index (χ0n) is 12.9. The van der Waals surface area contributed by atoms with Gasteiger partial charge >= 0.3 is 0 Å². The molecule has 2 rings (SSSR count). The van der Waals surface area contributed by atoms with E-state index in [-0.39, 0.29) is 0 Å². The lowest BCUT2D eigenvalue weighted by atomic mass is 10.0. The number of nitrogens with zero attached hydrogens (tertiary/aromatic N) is 4. The summed E-state index contributed by atoms with van der Waals surface area (Å²) >= 11 is 0. The van der Waals surface area contributed by atoms with E-state index in [2.05, 4.69) is 42.5 Å². The molecule has 0 amide bonds. The summed E-state index contributed by atoms with van der Waals surface area (Å²) in [6.07, 6.45) is 8.16. The van der Waals surface area contributed by atoms with Crippen LogP contribution in [0.4, 0.5) is 0 Å². The van der Waals surface area contributed by atoms with E-state index in [0.717, 1.165) is 25.9 Å². The minimum absolute atomic E-state index is 0.304. The van der Waals surface area contributed by atoms with Crippen LogP contribution in [0.5, 0.6) is 0 Å². The van der Waals surface area contributed by atoms with Gasteiger partial charge < -0.3 is 5.32 Å². The maximum absolute atomic E-state index is 4.36. The molecule has 2 aromatic rings. The van der Waals surface area contributed by atoms with E-state index in [1.54, 1.807) is 0 Å². The molecule has 0 aromatic carbocycles. The zero-order valence-corrected chi connectivity index (χ0v) is 12.9. The first-order valence-electron chi connectivity index (χ1n) is 7.38. The van der Waals surface area contributed by atoms with Crippen LogP contribution >= 0.6 is 0 Å². The molecule has 110 valence electrons. The van der Waals surface area contributed by atoms with E-state index in [0.29, 0.717) is 6.04 Å². The van der Waals surface area contributed by atoms with E-state index in [1.165, 1.54) is 16.8 Å². The van der Waals surface area contributed by atoms with E-state index in [4.69, 9.17) is 0 Å². The molecular formula is C15H25N5. The summed E-state index contributed by atoms with van der Waals surface area (Å²) in [6, 6.07) is 0.304. The Labute approximate surface area is 121 Å². The molecule has 5 nitrogen and oxygen atoms in total. The summed E-state index contributed by atoms with van der Waals surface area (Å²) in [4.78, 5) is 0. The minimum atomic E-state index is 0.304. The molecule has 0 saturated carbocycles. The molecule has 2 aromatic heterocycles. The highest BCUT2D eigenvalue weighted by Crippen LogP contribution is 2.21. The van der Waals surface area contributed by atoms with E-state index in [9.17, 15) is 0 Å². The average Bonchev–Trinajstić information content (AvgIpc) is 3.03. The fourth-order valence-electron chi connectivity index (χ4n) is 2.39. The molecule has 1 atom stereocenters. The highest BCUT2D eigenvalue weighted by atomic mass is 15.3. The summed E-state index contributed by atoms with van der Waals surface area (Å²) in [5, 5.41) is 12.3. The summed E-state index contributed by atoms with van der Waals surface area (Å²) in [6.45, 7) is 8.35. The molecule has 20 heavy (non-hydrogen) atoms. The first-order valence-corrected chi connectivity index (χ1v) is 7.38. The van der Waals surface area contributed by atoms with Crippen molar-refractivity contribution in [2.45, 2.75) is 46.2 Å². The summed E-state index contributed by atoms with van der Waals surface area (Å²) in [7, 11) is 1.99. The third-order valence-electron chi connectivity index (χ3n) is 3.74. The monoisotopic (exact) mass is 275 g/mol. The van der Waals surface area contributed by atoms with Crippen LogP contribution in [-0.2, 0) is 20.0 Å². The molecule has 0 saturated heterocycles. The third-order valence-corrected chi connectivity index (χ3v) is 3.74. The van der Waals surface area contributed by atoms with Gasteiger partial charge in [0.1, 0.15) is 0 Å². The second-order valence-corrected chi connectivity index (χ2v) is 5.22. The Bertz CT molecular complexity index is 540. The number of rotatable bonds is 7. The Morgan fingerprint density at radius 3 is 2.60 bits per heavy atom. The lowest BCUT2D eigenvalue weighted by Crippen LogP contribution is -2.24. The fourth-order valence-corrected chi connectivity index (χ4v) is 2.39. The first-order chi connectivity index (χ1) is 9.65. The number of hydrogen-bond acceptors (Lipinski definition) is 3. The van der Waals surface area contributed by atoms with Crippen molar-refractivity contribution < 1.29 is 0 Å². The van der Waals surface area contributed by atoms with Gasteiger partial charge in [-0.3, -0.25) is 9.36 Å². The molecule has 0 fully saturated rings.